The molecule has 1 amide bonds. The number of piperidine rings is 2. The Morgan fingerprint density at radius 2 is 1.76 bits per heavy atom. The van der Waals surface area contributed by atoms with Gasteiger partial charge in [-0.1, -0.05) is 0 Å². The van der Waals surface area contributed by atoms with Crippen molar-refractivity contribution >= 4 is 15.9 Å². The van der Waals surface area contributed by atoms with Gasteiger partial charge in [0.2, 0.25) is 15.9 Å². The van der Waals surface area contributed by atoms with Crippen molar-refractivity contribution in [2.45, 2.75) is 38.1 Å². The summed E-state index contributed by atoms with van der Waals surface area (Å²) in [6.07, 6.45) is 5.88. The molecule has 7 nitrogen and oxygen atoms in total. The Balaban J connectivity index is 1.34. The molecule has 0 aromatic rings. The van der Waals surface area contributed by atoms with Gasteiger partial charge in [0.15, 0.2) is 0 Å². The summed E-state index contributed by atoms with van der Waals surface area (Å²) in [5.41, 5.74) is 0. The Kier molecular flexibility index (Phi) is 6.35. The molecular weight excluding hydrogens is 342 g/mol. The van der Waals surface area contributed by atoms with Crippen LogP contribution in [0.4, 0.5) is 0 Å². The van der Waals surface area contributed by atoms with Gasteiger partial charge in [0, 0.05) is 38.2 Å². The lowest BCUT2D eigenvalue weighted by molar-refractivity contribution is -0.126. The van der Waals surface area contributed by atoms with E-state index >= 15 is 0 Å². The van der Waals surface area contributed by atoms with Gasteiger partial charge in [0.25, 0.3) is 0 Å². The monoisotopic (exact) mass is 373 g/mol. The van der Waals surface area contributed by atoms with Crippen molar-refractivity contribution in [1.29, 1.82) is 0 Å². The summed E-state index contributed by atoms with van der Waals surface area (Å²) in [4.78, 5) is 14.9. The molecule has 3 rings (SSSR count). The van der Waals surface area contributed by atoms with Crippen LogP contribution in [0.5, 0.6) is 0 Å². The van der Waals surface area contributed by atoms with Gasteiger partial charge in [0.1, 0.15) is 0 Å². The standard InChI is InChI=1S/C17H31N3O4S/c1-25(22,23)20-9-4-15(5-10-20)17(21)18-12-14-2-7-19(8-3-14)16-6-11-24-13-16/h14-16H,2-13H2,1H3,(H,18,21). The van der Waals surface area contributed by atoms with Gasteiger partial charge in [-0.3, -0.25) is 9.69 Å². The highest BCUT2D eigenvalue weighted by molar-refractivity contribution is 7.88. The Morgan fingerprint density at radius 1 is 1.08 bits per heavy atom. The third-order valence-electron chi connectivity index (χ3n) is 5.93. The van der Waals surface area contributed by atoms with E-state index in [2.05, 4.69) is 10.2 Å². The summed E-state index contributed by atoms with van der Waals surface area (Å²) in [6, 6.07) is 0.593. The third-order valence-corrected chi connectivity index (χ3v) is 7.23. The van der Waals surface area contributed by atoms with Gasteiger partial charge in [-0.15, -0.1) is 0 Å². The van der Waals surface area contributed by atoms with E-state index in [1.54, 1.807) is 0 Å². The van der Waals surface area contributed by atoms with Gasteiger partial charge >= 0.3 is 0 Å². The zero-order valence-corrected chi connectivity index (χ0v) is 16.0. The van der Waals surface area contributed by atoms with Crippen LogP contribution in [-0.4, -0.2) is 81.8 Å². The van der Waals surface area contributed by atoms with Crippen LogP contribution in [0.15, 0.2) is 0 Å². The number of ether oxygens (including phenoxy) is 1. The number of rotatable bonds is 5. The topological polar surface area (TPSA) is 79.0 Å². The predicted molar refractivity (Wildman–Crippen MR) is 95.7 cm³/mol. The maximum absolute atomic E-state index is 12.4. The van der Waals surface area contributed by atoms with Crippen molar-refractivity contribution in [3.63, 3.8) is 0 Å². The van der Waals surface area contributed by atoms with Crippen molar-refractivity contribution < 1.29 is 17.9 Å². The summed E-state index contributed by atoms with van der Waals surface area (Å²) in [5, 5.41) is 3.11. The summed E-state index contributed by atoms with van der Waals surface area (Å²) < 4.78 is 30.0. The molecular formula is C17H31N3O4S. The SMILES string of the molecule is CS(=O)(=O)N1CCC(C(=O)NCC2CCN(C3CCOC3)CC2)CC1. The lowest BCUT2D eigenvalue weighted by Gasteiger charge is -2.35. The highest BCUT2D eigenvalue weighted by atomic mass is 32.2. The Labute approximate surface area is 151 Å². The molecule has 144 valence electrons. The van der Waals surface area contributed by atoms with E-state index < -0.39 is 10.0 Å². The molecule has 25 heavy (non-hydrogen) atoms. The molecule has 1 unspecified atom stereocenters. The van der Waals surface area contributed by atoms with E-state index in [9.17, 15) is 13.2 Å². The van der Waals surface area contributed by atoms with Gasteiger partial charge in [-0.25, -0.2) is 12.7 Å². The van der Waals surface area contributed by atoms with Crippen LogP contribution in [0.1, 0.15) is 32.1 Å². The van der Waals surface area contributed by atoms with Crippen molar-refractivity contribution in [3.8, 4) is 0 Å². The quantitative estimate of drug-likeness (QED) is 0.749. The second-order valence-electron chi connectivity index (χ2n) is 7.68. The number of sulfonamides is 1. The number of likely N-dealkylation sites (tertiary alicyclic amines) is 1. The predicted octanol–water partition coefficient (Wildman–Crippen LogP) is 0.275. The molecule has 3 saturated heterocycles. The van der Waals surface area contributed by atoms with Gasteiger partial charge < -0.3 is 10.1 Å². The Morgan fingerprint density at radius 3 is 2.32 bits per heavy atom. The zero-order valence-electron chi connectivity index (χ0n) is 15.2. The van der Waals surface area contributed by atoms with Crippen LogP contribution < -0.4 is 5.32 Å². The molecule has 0 spiro atoms. The molecule has 0 aromatic carbocycles. The highest BCUT2D eigenvalue weighted by Crippen LogP contribution is 2.23. The largest absolute Gasteiger partial charge is 0.380 e. The summed E-state index contributed by atoms with van der Waals surface area (Å²) >= 11 is 0. The van der Waals surface area contributed by atoms with E-state index in [0.717, 1.165) is 52.1 Å². The Hall–Kier alpha value is -0.700. The van der Waals surface area contributed by atoms with E-state index in [4.69, 9.17) is 4.74 Å². The van der Waals surface area contributed by atoms with E-state index in [1.807, 2.05) is 0 Å². The molecule has 1 N–H and O–H groups in total. The molecule has 0 aromatic heterocycles. The smallest absolute Gasteiger partial charge is 0.223 e. The molecule has 1 atom stereocenters. The molecule has 3 aliphatic rings. The fourth-order valence-electron chi connectivity index (χ4n) is 4.17. The number of hydrogen-bond donors (Lipinski definition) is 1. The minimum Gasteiger partial charge on any atom is -0.380 e. The minimum atomic E-state index is -3.13. The maximum Gasteiger partial charge on any atom is 0.223 e. The molecule has 0 bridgehead atoms. The first kappa shape index (κ1) is 19.1. The van der Waals surface area contributed by atoms with Crippen LogP contribution in [0, 0.1) is 11.8 Å². The van der Waals surface area contributed by atoms with E-state index in [-0.39, 0.29) is 11.8 Å². The number of nitrogens with zero attached hydrogens (tertiary/aromatic N) is 2. The molecule has 3 heterocycles. The van der Waals surface area contributed by atoms with Crippen LogP contribution in [0.2, 0.25) is 0 Å². The summed E-state index contributed by atoms with van der Waals surface area (Å²) in [7, 11) is -3.13. The minimum absolute atomic E-state index is 0.0475. The van der Waals surface area contributed by atoms with Crippen LogP contribution in [0.3, 0.4) is 0 Å². The fourth-order valence-corrected chi connectivity index (χ4v) is 5.05. The fraction of sp³-hybridized carbons (Fsp3) is 0.941. The van der Waals surface area contributed by atoms with Crippen molar-refractivity contribution in [2.24, 2.45) is 11.8 Å². The van der Waals surface area contributed by atoms with Gasteiger partial charge in [-0.05, 0) is 51.1 Å². The van der Waals surface area contributed by atoms with Crippen LogP contribution >= 0.6 is 0 Å². The Bertz CT molecular complexity index is 546. The lowest BCUT2D eigenvalue weighted by atomic mass is 9.94. The van der Waals surface area contributed by atoms with Crippen molar-refractivity contribution in [3.05, 3.63) is 0 Å². The number of hydrogen-bond acceptors (Lipinski definition) is 5. The second-order valence-corrected chi connectivity index (χ2v) is 9.66. The average Bonchev–Trinajstić information content (AvgIpc) is 3.14. The molecule has 3 aliphatic heterocycles. The summed E-state index contributed by atoms with van der Waals surface area (Å²) in [5.74, 6) is 0.604. The number of nitrogens with one attached hydrogen (secondary N) is 1. The number of carbonyl (C=O) groups is 1. The van der Waals surface area contributed by atoms with Crippen molar-refractivity contribution in [2.75, 3.05) is 52.2 Å². The molecule has 8 heteroatoms. The first-order chi connectivity index (χ1) is 11.9. The third kappa shape index (κ3) is 5.15. The first-order valence-electron chi connectivity index (χ1n) is 9.48. The molecule has 0 saturated carbocycles. The van der Waals surface area contributed by atoms with Gasteiger partial charge in [0.05, 0.1) is 12.9 Å². The lowest BCUT2D eigenvalue weighted by Crippen LogP contribution is -2.46. The summed E-state index contributed by atoms with van der Waals surface area (Å²) in [6.45, 7) is 5.62. The first-order valence-corrected chi connectivity index (χ1v) is 11.3. The van der Waals surface area contributed by atoms with Crippen LogP contribution in [-0.2, 0) is 19.6 Å². The number of carbonyl (C=O) groups excluding carboxylic acids is 1. The number of amides is 1. The van der Waals surface area contributed by atoms with Gasteiger partial charge in [-0.2, -0.15) is 0 Å². The van der Waals surface area contributed by atoms with Crippen LogP contribution in [0.25, 0.3) is 0 Å². The second kappa shape index (κ2) is 8.33. The average molecular weight is 374 g/mol. The molecule has 0 radical (unpaired) electrons. The molecule has 3 fully saturated rings. The van der Waals surface area contributed by atoms with E-state index in [1.165, 1.54) is 10.6 Å². The molecule has 0 aliphatic carbocycles. The maximum atomic E-state index is 12.4. The highest BCUT2D eigenvalue weighted by Gasteiger charge is 2.30. The normalized spacial score (nSPS) is 28.3. The zero-order chi connectivity index (χ0) is 17.9. The van der Waals surface area contributed by atoms with Crippen molar-refractivity contribution in [1.82, 2.24) is 14.5 Å². The van der Waals surface area contributed by atoms with E-state index in [0.29, 0.717) is 37.9 Å².